The third-order valence-electron chi connectivity index (χ3n) is 11.4. The van der Waals surface area contributed by atoms with Crippen molar-refractivity contribution < 1.29 is 4.42 Å². The van der Waals surface area contributed by atoms with Crippen LogP contribution in [0.5, 0.6) is 0 Å². The summed E-state index contributed by atoms with van der Waals surface area (Å²) in [4.78, 5) is 15.4. The average Bonchev–Trinajstić information content (AvgIpc) is 3.83. The Morgan fingerprint density at radius 2 is 0.879 bits per heavy atom. The average molecular weight is 741 g/mol. The van der Waals surface area contributed by atoms with Crippen LogP contribution in [0.2, 0.25) is 0 Å². The summed E-state index contributed by atoms with van der Waals surface area (Å²) in [5.41, 5.74) is 10.0. The maximum absolute atomic E-state index is 6.63. The molecule has 0 bridgehead atoms. The molecule has 0 saturated carbocycles. The predicted molar refractivity (Wildman–Crippen MR) is 238 cm³/mol. The first-order valence-electron chi connectivity index (χ1n) is 19.5. The van der Waals surface area contributed by atoms with E-state index >= 15 is 0 Å². The number of rotatable bonds is 5. The second-order valence-electron chi connectivity index (χ2n) is 14.8. The van der Waals surface area contributed by atoms with Crippen LogP contribution in [0.25, 0.3) is 116 Å². The molecule has 0 aliphatic carbocycles. The smallest absolute Gasteiger partial charge is 0.164 e. The fraction of sp³-hybridized carbons (Fsp3) is 0. The van der Waals surface area contributed by atoms with E-state index in [9.17, 15) is 0 Å². The Bertz CT molecular complexity index is 3550. The maximum atomic E-state index is 6.63. The molecule has 0 atom stereocenters. The molecular formula is C53H32N4O. The minimum Gasteiger partial charge on any atom is -0.456 e. The molecule has 0 aliphatic rings. The van der Waals surface area contributed by atoms with Crippen LogP contribution in [0.4, 0.5) is 0 Å². The normalized spacial score (nSPS) is 11.8. The molecule has 270 valence electrons. The molecule has 0 fully saturated rings. The zero-order valence-corrected chi connectivity index (χ0v) is 31.2. The SMILES string of the molecule is c1ccc(-c2ccc(-c3nc(-c4ccccc4)nc(-c4ccc5c(c4)c(-n4c6ccccc6c6cc7ccccc7cc64)cc4oc6ccccc6c45)n3)cc2)cc1. The molecule has 9 aromatic carbocycles. The number of aromatic nitrogens is 4. The molecule has 0 N–H and O–H groups in total. The van der Waals surface area contributed by atoms with Crippen LogP contribution < -0.4 is 0 Å². The van der Waals surface area contributed by atoms with Gasteiger partial charge < -0.3 is 8.98 Å². The standard InChI is InChI=1S/C53H32N4O/c1-3-13-33(14-4-1)34-23-25-36(26-24-34)52-54-51(35-15-5-2-6-16-35)55-53(56-52)39-27-28-41-44(30-39)47(32-49-50(41)42-20-10-12-22-48(42)58-49)57-45-21-11-9-19-40(45)43-29-37-17-7-8-18-38(37)31-46(43)57/h1-32H. The lowest BCUT2D eigenvalue weighted by molar-refractivity contribution is 0.669. The molecule has 58 heavy (non-hydrogen) atoms. The topological polar surface area (TPSA) is 56.7 Å². The first kappa shape index (κ1) is 32.4. The van der Waals surface area contributed by atoms with E-state index in [-0.39, 0.29) is 0 Å². The van der Waals surface area contributed by atoms with E-state index in [4.69, 9.17) is 19.4 Å². The fourth-order valence-corrected chi connectivity index (χ4v) is 8.65. The number of nitrogens with zero attached hydrogens (tertiary/aromatic N) is 4. The van der Waals surface area contributed by atoms with E-state index in [1.807, 2.05) is 48.5 Å². The van der Waals surface area contributed by atoms with Gasteiger partial charge in [-0.3, -0.25) is 0 Å². The highest BCUT2D eigenvalue weighted by molar-refractivity contribution is 6.22. The number of benzene rings is 9. The van der Waals surface area contributed by atoms with Crippen molar-refractivity contribution in [3.63, 3.8) is 0 Å². The summed E-state index contributed by atoms with van der Waals surface area (Å²) in [6.45, 7) is 0. The highest BCUT2D eigenvalue weighted by Gasteiger charge is 2.21. The Labute approximate surface area is 333 Å². The Balaban J connectivity index is 1.13. The number of hydrogen-bond donors (Lipinski definition) is 0. The summed E-state index contributed by atoms with van der Waals surface area (Å²) < 4.78 is 9.03. The molecule has 5 heteroatoms. The number of para-hydroxylation sites is 2. The van der Waals surface area contributed by atoms with Gasteiger partial charge in [0.05, 0.1) is 16.7 Å². The lowest BCUT2D eigenvalue weighted by Gasteiger charge is -2.14. The van der Waals surface area contributed by atoms with Crippen LogP contribution in [-0.4, -0.2) is 19.5 Å². The molecule has 3 aromatic heterocycles. The van der Waals surface area contributed by atoms with Gasteiger partial charge in [0.15, 0.2) is 17.5 Å². The lowest BCUT2D eigenvalue weighted by atomic mass is 9.99. The van der Waals surface area contributed by atoms with Gasteiger partial charge in [-0.05, 0) is 57.6 Å². The third kappa shape index (κ3) is 5.14. The largest absolute Gasteiger partial charge is 0.456 e. The van der Waals surface area contributed by atoms with Crippen molar-refractivity contribution >= 4 is 65.3 Å². The van der Waals surface area contributed by atoms with Gasteiger partial charge in [0.1, 0.15) is 11.2 Å². The second-order valence-corrected chi connectivity index (χ2v) is 14.8. The zero-order chi connectivity index (χ0) is 38.2. The minimum absolute atomic E-state index is 0.606. The van der Waals surface area contributed by atoms with Gasteiger partial charge in [0.2, 0.25) is 0 Å². The minimum atomic E-state index is 0.606. The van der Waals surface area contributed by atoms with Crippen molar-refractivity contribution in [2.24, 2.45) is 0 Å². The Morgan fingerprint density at radius 3 is 1.64 bits per heavy atom. The van der Waals surface area contributed by atoms with Crippen LogP contribution >= 0.6 is 0 Å². The quantitative estimate of drug-likeness (QED) is 0.176. The van der Waals surface area contributed by atoms with Crippen LogP contribution in [0.3, 0.4) is 0 Å². The maximum Gasteiger partial charge on any atom is 0.164 e. The Kier molecular flexibility index (Phi) is 7.16. The van der Waals surface area contributed by atoms with Gasteiger partial charge in [-0.2, -0.15) is 0 Å². The molecule has 3 heterocycles. The van der Waals surface area contributed by atoms with Gasteiger partial charge in [-0.25, -0.2) is 15.0 Å². The molecule has 0 spiro atoms. The molecule has 0 amide bonds. The highest BCUT2D eigenvalue weighted by atomic mass is 16.3. The van der Waals surface area contributed by atoms with Crippen molar-refractivity contribution in [3.05, 3.63) is 194 Å². The van der Waals surface area contributed by atoms with Crippen molar-refractivity contribution in [1.82, 2.24) is 19.5 Å². The van der Waals surface area contributed by atoms with Crippen LogP contribution in [0.15, 0.2) is 199 Å². The van der Waals surface area contributed by atoms with Gasteiger partial charge in [0.25, 0.3) is 0 Å². The van der Waals surface area contributed by atoms with E-state index in [0.717, 1.165) is 71.7 Å². The summed E-state index contributed by atoms with van der Waals surface area (Å²) in [7, 11) is 0. The van der Waals surface area contributed by atoms with E-state index in [1.54, 1.807) is 0 Å². The van der Waals surface area contributed by atoms with E-state index < -0.39 is 0 Å². The summed E-state index contributed by atoms with van der Waals surface area (Å²) in [5, 5.41) is 9.16. The second kappa shape index (κ2) is 12.8. The summed E-state index contributed by atoms with van der Waals surface area (Å²) in [6, 6.07) is 68.0. The zero-order valence-electron chi connectivity index (χ0n) is 31.2. The van der Waals surface area contributed by atoms with Gasteiger partial charge in [0, 0.05) is 49.7 Å². The lowest BCUT2D eigenvalue weighted by Crippen LogP contribution is -2.01. The van der Waals surface area contributed by atoms with Crippen LogP contribution in [0.1, 0.15) is 0 Å². The van der Waals surface area contributed by atoms with Gasteiger partial charge in [-0.1, -0.05) is 158 Å². The first-order chi connectivity index (χ1) is 28.7. The molecule has 12 rings (SSSR count). The summed E-state index contributed by atoms with van der Waals surface area (Å²) in [6.07, 6.45) is 0. The van der Waals surface area contributed by atoms with Crippen molar-refractivity contribution in [2.45, 2.75) is 0 Å². The number of furan rings is 1. The summed E-state index contributed by atoms with van der Waals surface area (Å²) in [5.74, 6) is 1.85. The first-order valence-corrected chi connectivity index (χ1v) is 19.5. The van der Waals surface area contributed by atoms with Crippen molar-refractivity contribution in [3.8, 4) is 51.0 Å². The van der Waals surface area contributed by atoms with Gasteiger partial charge >= 0.3 is 0 Å². The monoisotopic (exact) mass is 740 g/mol. The Morgan fingerprint density at radius 1 is 0.328 bits per heavy atom. The Hall–Kier alpha value is -7.89. The number of fused-ring (bicyclic) bond motifs is 9. The predicted octanol–water partition coefficient (Wildman–Crippen LogP) is 13.8. The van der Waals surface area contributed by atoms with Crippen LogP contribution in [0, 0.1) is 0 Å². The number of hydrogen-bond acceptors (Lipinski definition) is 4. The van der Waals surface area contributed by atoms with Crippen molar-refractivity contribution in [1.29, 1.82) is 0 Å². The molecule has 0 aliphatic heterocycles. The molecule has 0 radical (unpaired) electrons. The van der Waals surface area contributed by atoms with E-state index in [1.165, 1.54) is 27.1 Å². The molecule has 5 nitrogen and oxygen atoms in total. The van der Waals surface area contributed by atoms with E-state index in [2.05, 4.69) is 150 Å². The summed E-state index contributed by atoms with van der Waals surface area (Å²) >= 11 is 0. The third-order valence-corrected chi connectivity index (χ3v) is 11.4. The highest BCUT2D eigenvalue weighted by Crippen LogP contribution is 2.43. The van der Waals surface area contributed by atoms with Crippen molar-refractivity contribution in [2.75, 3.05) is 0 Å². The fourth-order valence-electron chi connectivity index (χ4n) is 8.65. The molecule has 12 aromatic rings. The molecule has 0 unspecified atom stereocenters. The molecular weight excluding hydrogens is 709 g/mol. The van der Waals surface area contributed by atoms with Gasteiger partial charge in [-0.15, -0.1) is 0 Å². The van der Waals surface area contributed by atoms with Crippen LogP contribution in [-0.2, 0) is 0 Å². The molecule has 0 saturated heterocycles. The van der Waals surface area contributed by atoms with E-state index in [0.29, 0.717) is 17.5 Å².